The quantitative estimate of drug-likeness (QED) is 0.512. The number of carbonyl (C=O) groups excluding carboxylic acids is 2. The van der Waals surface area contributed by atoms with Gasteiger partial charge in [0.15, 0.2) is 0 Å². The molecule has 3 atom stereocenters. The highest BCUT2D eigenvalue weighted by molar-refractivity contribution is 5.83. The normalized spacial score (nSPS) is 20.5. The maximum Gasteiger partial charge on any atom is 0.417 e. The summed E-state index contributed by atoms with van der Waals surface area (Å²) in [5.41, 5.74) is 6.05. The van der Waals surface area contributed by atoms with Crippen molar-refractivity contribution in [3.05, 3.63) is 53.9 Å². The predicted molar refractivity (Wildman–Crippen MR) is 135 cm³/mol. The van der Waals surface area contributed by atoms with Crippen LogP contribution >= 0.6 is 0 Å². The molecule has 0 bridgehead atoms. The summed E-state index contributed by atoms with van der Waals surface area (Å²) in [7, 11) is 1.67. The molecule has 1 aromatic carbocycles. The van der Waals surface area contributed by atoms with Crippen LogP contribution in [0.2, 0.25) is 0 Å². The molecular weight excluding hydrogens is 481 g/mol. The van der Waals surface area contributed by atoms with Crippen molar-refractivity contribution < 1.29 is 22.8 Å². The van der Waals surface area contributed by atoms with Crippen molar-refractivity contribution in [3.8, 4) is 11.1 Å². The lowest BCUT2D eigenvalue weighted by Gasteiger charge is -2.36. The van der Waals surface area contributed by atoms with E-state index in [1.54, 1.807) is 25.4 Å². The molecule has 2 aliphatic rings. The number of likely N-dealkylation sites (N-methyl/N-ethyl adjacent to an activating group) is 1. The van der Waals surface area contributed by atoms with Crippen LogP contribution in [0.4, 0.5) is 13.2 Å². The molecule has 2 aromatic rings. The summed E-state index contributed by atoms with van der Waals surface area (Å²) in [5, 5.41) is 2.96. The Morgan fingerprint density at radius 3 is 2.51 bits per heavy atom. The Balaban J connectivity index is 1.63. The van der Waals surface area contributed by atoms with Crippen LogP contribution in [0, 0.1) is 11.8 Å². The minimum atomic E-state index is -4.49. The molecule has 0 radical (unpaired) electrons. The van der Waals surface area contributed by atoms with Crippen molar-refractivity contribution in [2.24, 2.45) is 17.6 Å². The molecule has 3 unspecified atom stereocenters. The minimum absolute atomic E-state index is 0.00278. The van der Waals surface area contributed by atoms with Crippen LogP contribution in [0.15, 0.2) is 42.7 Å². The number of nitrogens with zero attached hydrogens (tertiary/aromatic N) is 2. The Morgan fingerprint density at radius 1 is 1.11 bits per heavy atom. The highest BCUT2D eigenvalue weighted by atomic mass is 19.4. The monoisotopic (exact) mass is 516 g/mol. The van der Waals surface area contributed by atoms with Crippen molar-refractivity contribution in [3.63, 3.8) is 0 Å². The fraction of sp³-hybridized carbons (Fsp3) is 0.536. The van der Waals surface area contributed by atoms with E-state index >= 15 is 0 Å². The van der Waals surface area contributed by atoms with E-state index in [1.165, 1.54) is 18.3 Å². The first kappa shape index (κ1) is 27.1. The first-order valence-corrected chi connectivity index (χ1v) is 13.1. The average Bonchev–Trinajstić information content (AvgIpc) is 3.39. The molecule has 1 saturated heterocycles. The van der Waals surface area contributed by atoms with E-state index in [2.05, 4.69) is 10.3 Å². The molecule has 2 fully saturated rings. The van der Waals surface area contributed by atoms with Crippen LogP contribution in [0.3, 0.4) is 0 Å². The van der Waals surface area contributed by atoms with Crippen molar-refractivity contribution in [2.75, 3.05) is 13.6 Å². The molecule has 200 valence electrons. The molecule has 1 aromatic heterocycles. The second kappa shape index (κ2) is 11.6. The second-order valence-electron chi connectivity index (χ2n) is 10.2. The molecule has 0 spiro atoms. The number of aromatic nitrogens is 1. The number of halogens is 3. The number of carbonyl (C=O) groups is 2. The largest absolute Gasteiger partial charge is 0.417 e. The summed E-state index contributed by atoms with van der Waals surface area (Å²) >= 11 is 0. The number of nitrogens with one attached hydrogen (secondary N) is 1. The minimum Gasteiger partial charge on any atom is -0.368 e. The lowest BCUT2D eigenvalue weighted by Crippen LogP contribution is -2.46. The van der Waals surface area contributed by atoms with Crippen LogP contribution in [0.5, 0.6) is 0 Å². The first-order valence-electron chi connectivity index (χ1n) is 13.1. The molecule has 6 nitrogen and oxygen atoms in total. The van der Waals surface area contributed by atoms with Gasteiger partial charge < -0.3 is 16.0 Å². The molecule has 1 aliphatic heterocycles. The van der Waals surface area contributed by atoms with Gasteiger partial charge >= 0.3 is 6.18 Å². The third kappa shape index (κ3) is 6.14. The third-order valence-electron chi connectivity index (χ3n) is 7.94. The van der Waals surface area contributed by atoms with E-state index in [0.717, 1.165) is 50.2 Å². The smallest absolute Gasteiger partial charge is 0.368 e. The second-order valence-corrected chi connectivity index (χ2v) is 10.2. The summed E-state index contributed by atoms with van der Waals surface area (Å²) < 4.78 is 40.9. The van der Waals surface area contributed by atoms with E-state index in [9.17, 15) is 22.8 Å². The fourth-order valence-electron chi connectivity index (χ4n) is 6.02. The topological polar surface area (TPSA) is 88.3 Å². The first-order chi connectivity index (χ1) is 17.7. The molecule has 37 heavy (non-hydrogen) atoms. The number of benzene rings is 1. The van der Waals surface area contributed by atoms with Gasteiger partial charge in [-0.15, -0.1) is 0 Å². The summed E-state index contributed by atoms with van der Waals surface area (Å²) in [6.45, 7) is 0.566. The van der Waals surface area contributed by atoms with Crippen molar-refractivity contribution >= 4 is 11.8 Å². The van der Waals surface area contributed by atoms with Gasteiger partial charge in [0.2, 0.25) is 11.8 Å². The SMILES string of the molecule is CNC(CC(C(=O)N1CCCC1c1cncc(-c2ccccc2C(F)(F)F)c1)C1CCCCC1)C(N)=O. The number of hydrogen-bond acceptors (Lipinski definition) is 4. The zero-order valence-electron chi connectivity index (χ0n) is 21.1. The molecule has 2 heterocycles. The number of hydrogen-bond donors (Lipinski definition) is 2. The molecular formula is C28H35F3N4O2. The number of pyridine rings is 1. The van der Waals surface area contributed by atoms with E-state index < -0.39 is 23.7 Å². The molecule has 1 saturated carbocycles. The van der Waals surface area contributed by atoms with E-state index in [-0.39, 0.29) is 29.3 Å². The summed E-state index contributed by atoms with van der Waals surface area (Å²) in [6.07, 6.45) is 5.58. The number of amides is 2. The van der Waals surface area contributed by atoms with Gasteiger partial charge in [-0.1, -0.05) is 37.5 Å². The zero-order chi connectivity index (χ0) is 26.6. The fourth-order valence-corrected chi connectivity index (χ4v) is 6.02. The van der Waals surface area contributed by atoms with E-state index in [0.29, 0.717) is 24.9 Å². The Kier molecular flexibility index (Phi) is 8.52. The van der Waals surface area contributed by atoms with Crippen molar-refractivity contribution in [2.45, 2.75) is 69.6 Å². The molecule has 2 amide bonds. The van der Waals surface area contributed by atoms with E-state index in [1.807, 2.05) is 4.90 Å². The van der Waals surface area contributed by atoms with Gasteiger partial charge in [-0.25, -0.2) is 0 Å². The van der Waals surface area contributed by atoms with Crippen LogP contribution in [-0.2, 0) is 15.8 Å². The van der Waals surface area contributed by atoms with Crippen molar-refractivity contribution in [1.82, 2.24) is 15.2 Å². The van der Waals surface area contributed by atoms with Gasteiger partial charge in [0.05, 0.1) is 17.6 Å². The average molecular weight is 517 g/mol. The van der Waals surface area contributed by atoms with Gasteiger partial charge in [-0.05, 0) is 68.3 Å². The van der Waals surface area contributed by atoms with Crippen LogP contribution in [0.25, 0.3) is 11.1 Å². The Hall–Kier alpha value is -2.94. The van der Waals surface area contributed by atoms with Crippen LogP contribution in [0.1, 0.15) is 68.5 Å². The Labute approximate surface area is 215 Å². The van der Waals surface area contributed by atoms with Crippen molar-refractivity contribution in [1.29, 1.82) is 0 Å². The maximum atomic E-state index is 14.0. The number of alkyl halides is 3. The number of primary amides is 1. The molecule has 9 heteroatoms. The van der Waals surface area contributed by atoms with Crippen LogP contribution < -0.4 is 11.1 Å². The number of nitrogens with two attached hydrogens (primary N) is 1. The summed E-state index contributed by atoms with van der Waals surface area (Å²) in [4.78, 5) is 32.1. The zero-order valence-corrected chi connectivity index (χ0v) is 21.1. The lowest BCUT2D eigenvalue weighted by atomic mass is 9.76. The van der Waals surface area contributed by atoms with Gasteiger partial charge in [-0.3, -0.25) is 14.6 Å². The molecule has 3 N–H and O–H groups in total. The van der Waals surface area contributed by atoms with Gasteiger partial charge in [-0.2, -0.15) is 13.2 Å². The Bertz CT molecular complexity index is 1100. The third-order valence-corrected chi connectivity index (χ3v) is 7.94. The predicted octanol–water partition coefficient (Wildman–Crippen LogP) is 5.09. The Morgan fingerprint density at radius 2 is 1.84 bits per heavy atom. The molecule has 4 rings (SSSR count). The van der Waals surface area contributed by atoms with Gasteiger partial charge in [0, 0.05) is 30.4 Å². The standard InChI is InChI=1S/C28H35F3N4O2/c1-33-24(26(32)36)15-22(18-8-3-2-4-9-18)27(37)35-13-7-12-25(35)20-14-19(16-34-17-20)21-10-5-6-11-23(21)28(29,30)31/h5-6,10-11,14,16-18,22,24-25,33H,2-4,7-9,12-13,15H2,1H3,(H2,32,36). The number of rotatable bonds is 8. The summed E-state index contributed by atoms with van der Waals surface area (Å²) in [5.74, 6) is -0.639. The highest BCUT2D eigenvalue weighted by Gasteiger charge is 2.40. The van der Waals surface area contributed by atoms with Gasteiger partial charge in [0.25, 0.3) is 0 Å². The number of likely N-dealkylation sites (tertiary alicyclic amines) is 1. The highest BCUT2D eigenvalue weighted by Crippen LogP contribution is 2.41. The summed E-state index contributed by atoms with van der Waals surface area (Å²) in [6, 6.07) is 6.32. The lowest BCUT2D eigenvalue weighted by molar-refractivity contribution is -0.140. The maximum absolute atomic E-state index is 14.0. The van der Waals surface area contributed by atoms with Gasteiger partial charge in [0.1, 0.15) is 0 Å². The van der Waals surface area contributed by atoms with E-state index in [4.69, 9.17) is 5.73 Å². The molecule has 1 aliphatic carbocycles. The van der Waals surface area contributed by atoms with Crippen LogP contribution in [-0.4, -0.2) is 41.3 Å².